The fourth-order valence-electron chi connectivity index (χ4n) is 2.52. The van der Waals surface area contributed by atoms with Crippen LogP contribution in [-0.2, 0) is 4.79 Å². The van der Waals surface area contributed by atoms with Gasteiger partial charge in [-0.25, -0.2) is 0 Å². The molecule has 0 aliphatic carbocycles. The lowest BCUT2D eigenvalue weighted by atomic mass is 10.2. The Balaban J connectivity index is 1.82. The van der Waals surface area contributed by atoms with Crippen LogP contribution in [0, 0.1) is 7.14 Å². The monoisotopic (exact) mass is 652 g/mol. The largest absolute Gasteiger partial charge is 0.497 e. The summed E-state index contributed by atoms with van der Waals surface area (Å²) < 4.78 is 12.8. The molecular weight excluding hydrogens is 638 g/mol. The summed E-state index contributed by atoms with van der Waals surface area (Å²) in [7, 11) is 3.13. The maximum atomic E-state index is 12.8. The number of hydrogen-bond acceptors (Lipinski definition) is 6. The molecule has 0 unspecified atom stereocenters. The number of thiocarbonyl (C=S) groups is 1. The van der Waals surface area contributed by atoms with Crippen molar-refractivity contribution in [2.75, 3.05) is 14.2 Å². The Morgan fingerprint density at radius 3 is 2.48 bits per heavy atom. The summed E-state index contributed by atoms with van der Waals surface area (Å²) in [5.74, 6) is 0.485. The molecule has 0 radical (unpaired) electrons. The van der Waals surface area contributed by atoms with E-state index in [9.17, 15) is 9.59 Å². The third-order valence-corrected chi connectivity index (χ3v) is 6.61. The molecule has 1 aliphatic heterocycles. The number of halogens is 2. The van der Waals surface area contributed by atoms with Crippen LogP contribution in [0.4, 0.5) is 0 Å². The second kappa shape index (κ2) is 9.62. The molecule has 1 N–H and O–H groups in total. The lowest BCUT2D eigenvalue weighted by Crippen LogP contribution is -2.44. The van der Waals surface area contributed by atoms with Crippen LogP contribution in [0.25, 0.3) is 6.08 Å². The number of ether oxygens (including phenoxy) is 2. The number of methoxy groups -OCH3 is 2. The first-order valence-electron chi connectivity index (χ1n) is 8.10. The van der Waals surface area contributed by atoms with E-state index in [4.69, 9.17) is 21.7 Å². The van der Waals surface area contributed by atoms with Crippen molar-refractivity contribution in [1.29, 1.82) is 0 Å². The highest BCUT2D eigenvalue weighted by molar-refractivity contribution is 14.1. The predicted molar refractivity (Wildman–Crippen MR) is 134 cm³/mol. The summed E-state index contributed by atoms with van der Waals surface area (Å²) in [5, 5.41) is 1.09. The molecule has 10 heteroatoms. The molecular formula is C19H14I2N2O4S2. The van der Waals surface area contributed by atoms with E-state index in [2.05, 4.69) is 50.6 Å². The van der Waals surface area contributed by atoms with Crippen molar-refractivity contribution in [1.82, 2.24) is 10.4 Å². The second-order valence-corrected chi connectivity index (χ2v) is 9.78. The standard InChI is InChI=1S/C19H14I2N2O4S2/c1-26-13-5-3-10(4-6-13)17(24)22-23-18(25)15(29-19(23)28)8-11-7-12(20)9-14(21)16(11)27-2/h3-9H,1-2H3,(H,22,24)/b15-8+. The zero-order valence-electron chi connectivity index (χ0n) is 15.2. The third-order valence-electron chi connectivity index (χ3n) is 3.89. The third kappa shape index (κ3) is 5.03. The van der Waals surface area contributed by atoms with E-state index in [0.29, 0.717) is 22.0 Å². The van der Waals surface area contributed by atoms with Gasteiger partial charge in [0.25, 0.3) is 11.8 Å². The molecule has 0 atom stereocenters. The van der Waals surface area contributed by atoms with Crippen molar-refractivity contribution in [3.8, 4) is 11.5 Å². The van der Waals surface area contributed by atoms with E-state index in [1.165, 1.54) is 0 Å². The van der Waals surface area contributed by atoms with Gasteiger partial charge in [-0.05, 0) is 99.9 Å². The van der Waals surface area contributed by atoms with Crippen LogP contribution in [0.2, 0.25) is 0 Å². The topological polar surface area (TPSA) is 67.9 Å². The van der Waals surface area contributed by atoms with Gasteiger partial charge in [-0.15, -0.1) is 0 Å². The molecule has 1 heterocycles. The fourth-order valence-corrected chi connectivity index (χ4v) is 5.80. The molecule has 0 saturated carbocycles. The summed E-state index contributed by atoms with van der Waals surface area (Å²) in [6, 6.07) is 10.5. The van der Waals surface area contributed by atoms with E-state index >= 15 is 0 Å². The molecule has 0 aromatic heterocycles. The number of thioether (sulfide) groups is 1. The molecule has 2 aromatic carbocycles. The number of nitrogens with zero attached hydrogens (tertiary/aromatic N) is 1. The normalized spacial score (nSPS) is 15.0. The summed E-state index contributed by atoms with van der Waals surface area (Å²) in [5.41, 5.74) is 3.72. The summed E-state index contributed by atoms with van der Waals surface area (Å²) in [6.45, 7) is 0. The average molecular weight is 652 g/mol. The van der Waals surface area contributed by atoms with Gasteiger partial charge < -0.3 is 9.47 Å². The molecule has 2 aromatic rings. The van der Waals surface area contributed by atoms with Gasteiger partial charge in [0, 0.05) is 14.7 Å². The van der Waals surface area contributed by atoms with Crippen LogP contribution in [0.15, 0.2) is 41.3 Å². The number of rotatable bonds is 5. The molecule has 2 amide bonds. The van der Waals surface area contributed by atoms with Gasteiger partial charge in [-0.2, -0.15) is 5.01 Å². The van der Waals surface area contributed by atoms with Crippen LogP contribution in [0.3, 0.4) is 0 Å². The first kappa shape index (κ1) is 22.3. The smallest absolute Gasteiger partial charge is 0.285 e. The molecule has 1 saturated heterocycles. The van der Waals surface area contributed by atoms with E-state index in [1.54, 1.807) is 44.6 Å². The zero-order valence-corrected chi connectivity index (χ0v) is 21.1. The van der Waals surface area contributed by atoms with Gasteiger partial charge in [0.05, 0.1) is 22.7 Å². The molecule has 3 rings (SSSR count). The van der Waals surface area contributed by atoms with Gasteiger partial charge in [0.15, 0.2) is 4.32 Å². The number of carbonyl (C=O) groups excluding carboxylic acids is 2. The number of hydrazine groups is 1. The first-order valence-corrected chi connectivity index (χ1v) is 11.5. The minimum atomic E-state index is -0.438. The van der Waals surface area contributed by atoms with E-state index in [1.807, 2.05) is 12.1 Å². The van der Waals surface area contributed by atoms with Gasteiger partial charge >= 0.3 is 0 Å². The summed E-state index contributed by atoms with van der Waals surface area (Å²) >= 11 is 10.8. The van der Waals surface area contributed by atoms with Crippen LogP contribution in [0.1, 0.15) is 15.9 Å². The lowest BCUT2D eigenvalue weighted by molar-refractivity contribution is -0.123. The Hall–Kier alpha value is -1.38. The van der Waals surface area contributed by atoms with Crippen LogP contribution in [-0.4, -0.2) is 35.4 Å². The van der Waals surface area contributed by atoms with Crippen LogP contribution in [0.5, 0.6) is 11.5 Å². The van der Waals surface area contributed by atoms with Crippen LogP contribution < -0.4 is 14.9 Å². The highest BCUT2D eigenvalue weighted by Crippen LogP contribution is 2.35. The van der Waals surface area contributed by atoms with Gasteiger partial charge in [0.2, 0.25) is 0 Å². The number of carbonyl (C=O) groups is 2. The van der Waals surface area contributed by atoms with Crippen molar-refractivity contribution in [2.24, 2.45) is 0 Å². The maximum Gasteiger partial charge on any atom is 0.285 e. The number of benzene rings is 2. The fraction of sp³-hybridized carbons (Fsp3) is 0.105. The Kier molecular flexibility index (Phi) is 7.40. The molecule has 1 aliphatic rings. The Bertz CT molecular complexity index is 1030. The van der Waals surface area contributed by atoms with Crippen molar-refractivity contribution in [2.45, 2.75) is 0 Å². The highest BCUT2D eigenvalue weighted by Gasteiger charge is 2.34. The maximum absolute atomic E-state index is 12.8. The SMILES string of the molecule is COc1ccc(C(=O)NN2C(=O)/C(=C\c3cc(I)cc(I)c3OC)SC2=S)cc1. The van der Waals surface area contributed by atoms with Gasteiger partial charge in [0.1, 0.15) is 11.5 Å². The van der Waals surface area contributed by atoms with Crippen molar-refractivity contribution >= 4 is 91.4 Å². The van der Waals surface area contributed by atoms with E-state index in [0.717, 1.165) is 29.5 Å². The first-order chi connectivity index (χ1) is 13.8. The lowest BCUT2D eigenvalue weighted by Gasteiger charge is -2.15. The summed E-state index contributed by atoms with van der Waals surface area (Å²) in [6.07, 6.45) is 1.72. The molecule has 150 valence electrons. The average Bonchev–Trinajstić information content (AvgIpc) is 2.95. The van der Waals surface area contributed by atoms with Crippen molar-refractivity contribution in [3.63, 3.8) is 0 Å². The molecule has 29 heavy (non-hydrogen) atoms. The molecule has 1 fully saturated rings. The summed E-state index contributed by atoms with van der Waals surface area (Å²) in [4.78, 5) is 25.7. The van der Waals surface area contributed by atoms with Crippen molar-refractivity contribution in [3.05, 3.63) is 59.6 Å². The molecule has 6 nitrogen and oxygen atoms in total. The predicted octanol–water partition coefficient (Wildman–Crippen LogP) is 4.46. The molecule has 0 spiro atoms. The van der Waals surface area contributed by atoms with Gasteiger partial charge in [-0.1, -0.05) is 11.8 Å². The Morgan fingerprint density at radius 2 is 1.86 bits per heavy atom. The van der Waals surface area contributed by atoms with Gasteiger partial charge in [-0.3, -0.25) is 15.0 Å². The quantitative estimate of drug-likeness (QED) is 0.293. The minimum absolute atomic E-state index is 0.252. The Labute approximate surface area is 204 Å². The van der Waals surface area contributed by atoms with E-state index < -0.39 is 11.8 Å². The number of hydrogen-bond donors (Lipinski definition) is 1. The number of amides is 2. The second-order valence-electron chi connectivity index (χ2n) is 5.70. The zero-order chi connectivity index (χ0) is 21.1. The van der Waals surface area contributed by atoms with E-state index in [-0.39, 0.29) is 4.32 Å². The molecule has 0 bridgehead atoms. The minimum Gasteiger partial charge on any atom is -0.497 e. The van der Waals surface area contributed by atoms with Crippen molar-refractivity contribution < 1.29 is 19.1 Å². The number of nitrogens with one attached hydrogen (secondary N) is 1. The Morgan fingerprint density at radius 1 is 1.17 bits per heavy atom. The van der Waals surface area contributed by atoms with Crippen LogP contribution >= 0.6 is 69.2 Å². The highest BCUT2D eigenvalue weighted by atomic mass is 127.